The van der Waals surface area contributed by atoms with Gasteiger partial charge in [0.15, 0.2) is 0 Å². The van der Waals surface area contributed by atoms with E-state index in [9.17, 15) is 4.79 Å². The van der Waals surface area contributed by atoms with E-state index >= 15 is 0 Å². The van der Waals surface area contributed by atoms with Crippen molar-refractivity contribution in [2.24, 2.45) is 5.92 Å². The Hall–Kier alpha value is -1.58. The van der Waals surface area contributed by atoms with Gasteiger partial charge < -0.3 is 10.2 Å². The van der Waals surface area contributed by atoms with Gasteiger partial charge in [-0.2, -0.15) is 0 Å². The molecular weight excluding hydrogens is 250 g/mol. The molecule has 1 fully saturated rings. The zero-order chi connectivity index (χ0) is 14.5. The largest absolute Gasteiger partial charge is 0.367 e. The average molecular weight is 275 g/mol. The molecule has 0 aliphatic carbocycles. The van der Waals surface area contributed by atoms with Gasteiger partial charge in [-0.3, -0.25) is 4.79 Å². The van der Waals surface area contributed by atoms with Gasteiger partial charge in [0.25, 0.3) is 5.91 Å². The van der Waals surface area contributed by atoms with Crippen LogP contribution >= 0.6 is 0 Å². The lowest BCUT2D eigenvalue weighted by atomic mass is 10.0. The molecular formula is C16H25N3O. The average Bonchev–Trinajstić information content (AvgIpc) is 2.63. The maximum absolute atomic E-state index is 12.7. The van der Waals surface area contributed by atoms with Crippen molar-refractivity contribution in [2.45, 2.75) is 46.1 Å². The predicted molar refractivity (Wildman–Crippen MR) is 81.9 cm³/mol. The number of nitrogens with one attached hydrogen (secondary N) is 1. The third-order valence-corrected chi connectivity index (χ3v) is 3.77. The molecule has 4 heteroatoms. The van der Waals surface area contributed by atoms with Crippen molar-refractivity contribution < 1.29 is 4.79 Å². The van der Waals surface area contributed by atoms with Crippen LogP contribution in [0.4, 0.5) is 5.82 Å². The van der Waals surface area contributed by atoms with Gasteiger partial charge in [0, 0.05) is 25.3 Å². The SMILES string of the molecule is CC1CCCN(C(=O)c2cccnc2NC(C)C)CC1. The second-order valence-electron chi connectivity index (χ2n) is 6.03. The summed E-state index contributed by atoms with van der Waals surface area (Å²) in [5, 5.41) is 3.26. The van der Waals surface area contributed by atoms with Gasteiger partial charge >= 0.3 is 0 Å². The highest BCUT2D eigenvalue weighted by molar-refractivity contribution is 5.98. The first-order valence-corrected chi connectivity index (χ1v) is 7.58. The molecule has 1 N–H and O–H groups in total. The number of nitrogens with zero attached hydrogens (tertiary/aromatic N) is 2. The second kappa shape index (κ2) is 6.73. The Morgan fingerprint density at radius 1 is 1.40 bits per heavy atom. The Morgan fingerprint density at radius 3 is 2.95 bits per heavy atom. The Balaban J connectivity index is 2.15. The van der Waals surface area contributed by atoms with Crippen LogP contribution < -0.4 is 5.32 Å². The number of pyridine rings is 1. The standard InChI is InChI=1S/C16H25N3O/c1-12(2)18-15-14(7-4-9-17-15)16(20)19-10-5-6-13(3)8-11-19/h4,7,9,12-13H,5-6,8,10-11H2,1-3H3,(H,17,18). The molecule has 2 heterocycles. The van der Waals surface area contributed by atoms with Crippen LogP contribution in [-0.4, -0.2) is 34.9 Å². The van der Waals surface area contributed by atoms with E-state index in [1.807, 2.05) is 17.0 Å². The van der Waals surface area contributed by atoms with Gasteiger partial charge in [0.2, 0.25) is 0 Å². The van der Waals surface area contributed by atoms with Crippen molar-refractivity contribution in [3.8, 4) is 0 Å². The molecule has 1 aliphatic rings. The summed E-state index contributed by atoms with van der Waals surface area (Å²) in [4.78, 5) is 19.0. The minimum Gasteiger partial charge on any atom is -0.367 e. The Labute approximate surface area is 121 Å². The number of hydrogen-bond acceptors (Lipinski definition) is 3. The maximum Gasteiger partial charge on any atom is 0.257 e. The minimum absolute atomic E-state index is 0.107. The zero-order valence-electron chi connectivity index (χ0n) is 12.7. The number of carbonyl (C=O) groups is 1. The third-order valence-electron chi connectivity index (χ3n) is 3.77. The summed E-state index contributed by atoms with van der Waals surface area (Å²) >= 11 is 0. The van der Waals surface area contributed by atoms with Crippen LogP contribution in [0, 0.1) is 5.92 Å². The molecule has 1 saturated heterocycles. The first-order valence-electron chi connectivity index (χ1n) is 7.58. The van der Waals surface area contributed by atoms with Gasteiger partial charge in [0.05, 0.1) is 5.56 Å². The number of aromatic nitrogens is 1. The van der Waals surface area contributed by atoms with E-state index in [0.29, 0.717) is 11.4 Å². The van der Waals surface area contributed by atoms with Crippen LogP contribution in [0.2, 0.25) is 0 Å². The normalized spacial score (nSPS) is 19.8. The monoisotopic (exact) mass is 275 g/mol. The van der Waals surface area contributed by atoms with Crippen molar-refractivity contribution in [2.75, 3.05) is 18.4 Å². The molecule has 0 saturated carbocycles. The molecule has 0 radical (unpaired) electrons. The van der Waals surface area contributed by atoms with Crippen LogP contribution in [0.25, 0.3) is 0 Å². The lowest BCUT2D eigenvalue weighted by Crippen LogP contribution is -2.33. The van der Waals surface area contributed by atoms with E-state index in [1.165, 1.54) is 6.42 Å². The molecule has 1 unspecified atom stereocenters. The molecule has 0 spiro atoms. The molecule has 1 aromatic rings. The maximum atomic E-state index is 12.7. The van der Waals surface area contributed by atoms with Crippen LogP contribution in [0.1, 0.15) is 50.4 Å². The van der Waals surface area contributed by atoms with Crippen LogP contribution in [0.5, 0.6) is 0 Å². The lowest BCUT2D eigenvalue weighted by molar-refractivity contribution is 0.0761. The molecule has 0 bridgehead atoms. The van der Waals surface area contributed by atoms with E-state index in [-0.39, 0.29) is 11.9 Å². The van der Waals surface area contributed by atoms with Crippen LogP contribution in [0.15, 0.2) is 18.3 Å². The third kappa shape index (κ3) is 3.71. The summed E-state index contributed by atoms with van der Waals surface area (Å²) in [5.41, 5.74) is 0.691. The van der Waals surface area contributed by atoms with Crippen LogP contribution in [-0.2, 0) is 0 Å². The number of amides is 1. The highest BCUT2D eigenvalue weighted by Gasteiger charge is 2.22. The molecule has 1 aromatic heterocycles. The van der Waals surface area contributed by atoms with Gasteiger partial charge in [-0.25, -0.2) is 4.98 Å². The number of anilines is 1. The van der Waals surface area contributed by atoms with Gasteiger partial charge in [-0.05, 0) is 51.2 Å². The fourth-order valence-corrected chi connectivity index (χ4v) is 2.60. The van der Waals surface area contributed by atoms with Crippen LogP contribution in [0.3, 0.4) is 0 Å². The first kappa shape index (κ1) is 14.8. The summed E-state index contributed by atoms with van der Waals surface area (Å²) in [6.45, 7) is 8.09. The van der Waals surface area contributed by atoms with E-state index < -0.39 is 0 Å². The molecule has 110 valence electrons. The first-order chi connectivity index (χ1) is 9.58. The van der Waals surface area contributed by atoms with E-state index in [4.69, 9.17) is 0 Å². The fraction of sp³-hybridized carbons (Fsp3) is 0.625. The second-order valence-corrected chi connectivity index (χ2v) is 6.03. The Kier molecular flexibility index (Phi) is 4.99. The van der Waals surface area contributed by atoms with Gasteiger partial charge in [-0.1, -0.05) is 6.92 Å². The summed E-state index contributed by atoms with van der Waals surface area (Å²) < 4.78 is 0. The molecule has 20 heavy (non-hydrogen) atoms. The summed E-state index contributed by atoms with van der Waals surface area (Å²) in [6.07, 6.45) is 5.14. The number of carbonyl (C=O) groups excluding carboxylic acids is 1. The van der Waals surface area contributed by atoms with Gasteiger partial charge in [0.1, 0.15) is 5.82 Å². The molecule has 1 aliphatic heterocycles. The van der Waals surface area contributed by atoms with E-state index in [0.717, 1.165) is 31.8 Å². The predicted octanol–water partition coefficient (Wildman–Crippen LogP) is 3.16. The zero-order valence-corrected chi connectivity index (χ0v) is 12.7. The van der Waals surface area contributed by atoms with Crippen molar-refractivity contribution in [1.29, 1.82) is 0 Å². The minimum atomic E-state index is 0.107. The highest BCUT2D eigenvalue weighted by Crippen LogP contribution is 2.20. The quantitative estimate of drug-likeness (QED) is 0.921. The summed E-state index contributed by atoms with van der Waals surface area (Å²) in [7, 11) is 0. The topological polar surface area (TPSA) is 45.2 Å². The molecule has 2 rings (SSSR count). The smallest absolute Gasteiger partial charge is 0.257 e. The van der Waals surface area contributed by atoms with E-state index in [2.05, 4.69) is 31.1 Å². The summed E-state index contributed by atoms with van der Waals surface area (Å²) in [6, 6.07) is 3.97. The molecule has 1 amide bonds. The van der Waals surface area contributed by atoms with Crippen molar-refractivity contribution >= 4 is 11.7 Å². The number of likely N-dealkylation sites (tertiary alicyclic amines) is 1. The van der Waals surface area contributed by atoms with Crippen molar-refractivity contribution in [3.05, 3.63) is 23.9 Å². The Morgan fingerprint density at radius 2 is 2.20 bits per heavy atom. The Bertz CT molecular complexity index is 459. The number of rotatable bonds is 3. The molecule has 4 nitrogen and oxygen atoms in total. The fourth-order valence-electron chi connectivity index (χ4n) is 2.60. The van der Waals surface area contributed by atoms with E-state index in [1.54, 1.807) is 6.20 Å². The lowest BCUT2D eigenvalue weighted by Gasteiger charge is -2.22. The van der Waals surface area contributed by atoms with Gasteiger partial charge in [-0.15, -0.1) is 0 Å². The highest BCUT2D eigenvalue weighted by atomic mass is 16.2. The van der Waals surface area contributed by atoms with Crippen molar-refractivity contribution in [1.82, 2.24) is 9.88 Å². The molecule has 1 atom stereocenters. The summed E-state index contributed by atoms with van der Waals surface area (Å²) in [5.74, 6) is 1.52. The number of hydrogen-bond donors (Lipinski definition) is 1. The van der Waals surface area contributed by atoms with Crippen molar-refractivity contribution in [3.63, 3.8) is 0 Å². The molecule has 0 aromatic carbocycles.